The zero-order chi connectivity index (χ0) is 20.0. The molecule has 0 saturated carbocycles. The van der Waals surface area contributed by atoms with Gasteiger partial charge in [-0.25, -0.2) is 0 Å². The summed E-state index contributed by atoms with van der Waals surface area (Å²) in [6.45, 7) is 3.95. The molecular formula is C22H21NO5. The van der Waals surface area contributed by atoms with Gasteiger partial charge in [-0.05, 0) is 55.2 Å². The standard InChI is InChI=1S/C22H21NO5/c1-12-9-13(2)20-16(10-12)19(26)17-18(14-5-3-6-15(25)11-14)23(7-4-8-24)22(27)21(17)28-20/h3,5-6,9-11,18,24-25H,4,7-8H2,1-2H3/t18-/m1/s1. The summed E-state index contributed by atoms with van der Waals surface area (Å²) in [6, 6.07) is 9.54. The quantitative estimate of drug-likeness (QED) is 0.727. The summed E-state index contributed by atoms with van der Waals surface area (Å²) in [5, 5.41) is 19.6. The fraction of sp³-hybridized carbons (Fsp3) is 0.273. The number of hydrogen-bond donors (Lipinski definition) is 2. The second-order valence-corrected chi connectivity index (χ2v) is 7.21. The van der Waals surface area contributed by atoms with Gasteiger partial charge in [-0.1, -0.05) is 18.2 Å². The third-order valence-corrected chi connectivity index (χ3v) is 5.14. The zero-order valence-electron chi connectivity index (χ0n) is 15.7. The number of carbonyl (C=O) groups excluding carboxylic acids is 1. The van der Waals surface area contributed by atoms with E-state index in [0.29, 0.717) is 23.0 Å². The molecule has 0 aliphatic carbocycles. The van der Waals surface area contributed by atoms with Crippen molar-refractivity contribution in [2.75, 3.05) is 13.2 Å². The second-order valence-electron chi connectivity index (χ2n) is 7.21. The number of nitrogens with zero attached hydrogens (tertiary/aromatic N) is 1. The van der Waals surface area contributed by atoms with Crippen molar-refractivity contribution in [2.24, 2.45) is 0 Å². The molecule has 3 aromatic rings. The van der Waals surface area contributed by atoms with E-state index in [-0.39, 0.29) is 41.6 Å². The monoisotopic (exact) mass is 379 g/mol. The Labute approximate surface area is 161 Å². The summed E-state index contributed by atoms with van der Waals surface area (Å²) < 4.78 is 5.96. The molecule has 1 amide bonds. The average Bonchev–Trinajstić information content (AvgIpc) is 2.93. The van der Waals surface area contributed by atoms with Gasteiger partial charge in [0.05, 0.1) is 17.0 Å². The second kappa shape index (κ2) is 6.80. The highest BCUT2D eigenvalue weighted by molar-refractivity contribution is 5.99. The van der Waals surface area contributed by atoms with Crippen LogP contribution in [0.5, 0.6) is 5.75 Å². The van der Waals surface area contributed by atoms with Crippen molar-refractivity contribution in [1.82, 2.24) is 4.90 Å². The number of aliphatic hydroxyl groups excluding tert-OH is 1. The van der Waals surface area contributed by atoms with E-state index < -0.39 is 6.04 Å². The molecule has 28 heavy (non-hydrogen) atoms. The molecule has 0 unspecified atom stereocenters. The Hall–Kier alpha value is -3.12. The number of phenolic OH excluding ortho intramolecular Hbond substituents is 1. The lowest BCUT2D eigenvalue weighted by Gasteiger charge is -2.24. The van der Waals surface area contributed by atoms with Gasteiger partial charge in [0, 0.05) is 13.2 Å². The Balaban J connectivity index is 2.01. The topological polar surface area (TPSA) is 91.0 Å². The number of aryl methyl sites for hydroxylation is 2. The van der Waals surface area contributed by atoms with Crippen molar-refractivity contribution in [1.29, 1.82) is 0 Å². The number of rotatable bonds is 4. The van der Waals surface area contributed by atoms with Crippen LogP contribution in [0.3, 0.4) is 0 Å². The molecule has 6 heteroatoms. The number of benzene rings is 2. The molecule has 2 N–H and O–H groups in total. The van der Waals surface area contributed by atoms with Crippen LogP contribution >= 0.6 is 0 Å². The van der Waals surface area contributed by atoms with E-state index in [1.807, 2.05) is 19.9 Å². The Morgan fingerprint density at radius 1 is 1.14 bits per heavy atom. The summed E-state index contributed by atoms with van der Waals surface area (Å²) >= 11 is 0. The number of fused-ring (bicyclic) bond motifs is 2. The summed E-state index contributed by atoms with van der Waals surface area (Å²) in [6.07, 6.45) is 0.376. The van der Waals surface area contributed by atoms with E-state index in [1.54, 1.807) is 24.3 Å². The number of aliphatic hydroxyl groups is 1. The fourth-order valence-corrected chi connectivity index (χ4v) is 3.99. The van der Waals surface area contributed by atoms with E-state index in [4.69, 9.17) is 4.42 Å². The molecule has 0 saturated heterocycles. The third-order valence-electron chi connectivity index (χ3n) is 5.14. The lowest BCUT2D eigenvalue weighted by atomic mass is 9.97. The minimum absolute atomic E-state index is 0.0377. The first-order chi connectivity index (χ1) is 13.4. The molecule has 6 nitrogen and oxygen atoms in total. The maximum absolute atomic E-state index is 13.4. The average molecular weight is 379 g/mol. The van der Waals surface area contributed by atoms with E-state index in [0.717, 1.165) is 11.1 Å². The summed E-state index contributed by atoms with van der Waals surface area (Å²) in [5.74, 6) is -0.288. The largest absolute Gasteiger partial charge is 0.508 e. The van der Waals surface area contributed by atoms with E-state index in [9.17, 15) is 19.8 Å². The van der Waals surface area contributed by atoms with Crippen LogP contribution < -0.4 is 5.43 Å². The van der Waals surface area contributed by atoms with E-state index in [1.165, 1.54) is 11.0 Å². The van der Waals surface area contributed by atoms with E-state index in [2.05, 4.69) is 0 Å². The fourth-order valence-electron chi connectivity index (χ4n) is 3.99. The molecule has 1 aliphatic heterocycles. The molecule has 0 spiro atoms. The van der Waals surface area contributed by atoms with Gasteiger partial charge < -0.3 is 19.5 Å². The maximum atomic E-state index is 13.4. The number of amides is 1. The minimum atomic E-state index is -0.664. The highest BCUT2D eigenvalue weighted by Gasteiger charge is 2.42. The van der Waals surface area contributed by atoms with Gasteiger partial charge in [0.15, 0.2) is 5.43 Å². The van der Waals surface area contributed by atoms with Gasteiger partial charge in [0.1, 0.15) is 11.3 Å². The van der Waals surface area contributed by atoms with Crippen molar-refractivity contribution in [3.05, 3.63) is 74.6 Å². The number of aromatic hydroxyl groups is 1. The van der Waals surface area contributed by atoms with Gasteiger partial charge in [-0.15, -0.1) is 0 Å². The Morgan fingerprint density at radius 2 is 1.93 bits per heavy atom. The van der Waals surface area contributed by atoms with Gasteiger partial charge in [0.25, 0.3) is 5.91 Å². The Kier molecular flexibility index (Phi) is 4.43. The van der Waals surface area contributed by atoms with Crippen molar-refractivity contribution in [2.45, 2.75) is 26.3 Å². The molecule has 0 bridgehead atoms. The SMILES string of the molecule is Cc1cc(C)c2oc3c(c(=O)c2c1)[C@@H](c1cccc(O)c1)N(CCCO)C3=O. The van der Waals surface area contributed by atoms with Crippen molar-refractivity contribution >= 4 is 16.9 Å². The molecule has 0 radical (unpaired) electrons. The molecule has 2 heterocycles. The van der Waals surface area contributed by atoms with Crippen LogP contribution in [-0.4, -0.2) is 34.2 Å². The smallest absolute Gasteiger partial charge is 0.290 e. The third kappa shape index (κ3) is 2.77. The molecular weight excluding hydrogens is 358 g/mol. The van der Waals surface area contributed by atoms with Crippen molar-refractivity contribution < 1.29 is 19.4 Å². The minimum Gasteiger partial charge on any atom is -0.508 e. The number of phenols is 1. The van der Waals surface area contributed by atoms with Crippen LogP contribution in [0.15, 0.2) is 45.6 Å². The molecule has 0 fully saturated rings. The predicted octanol–water partition coefficient (Wildman–Crippen LogP) is 3.04. The summed E-state index contributed by atoms with van der Waals surface area (Å²) in [4.78, 5) is 28.0. The first-order valence-electron chi connectivity index (χ1n) is 9.21. The Morgan fingerprint density at radius 3 is 2.64 bits per heavy atom. The van der Waals surface area contributed by atoms with Crippen LogP contribution in [0.25, 0.3) is 11.0 Å². The van der Waals surface area contributed by atoms with Crippen LogP contribution in [0.4, 0.5) is 0 Å². The zero-order valence-corrected chi connectivity index (χ0v) is 15.7. The van der Waals surface area contributed by atoms with Gasteiger partial charge in [0.2, 0.25) is 5.76 Å². The van der Waals surface area contributed by atoms with Crippen LogP contribution in [0.1, 0.15) is 45.3 Å². The number of hydrogen-bond acceptors (Lipinski definition) is 5. The van der Waals surface area contributed by atoms with Crippen molar-refractivity contribution in [3.8, 4) is 5.75 Å². The molecule has 144 valence electrons. The van der Waals surface area contributed by atoms with Gasteiger partial charge in [-0.3, -0.25) is 9.59 Å². The number of carbonyl (C=O) groups is 1. The Bertz CT molecular complexity index is 1150. The lowest BCUT2D eigenvalue weighted by Crippen LogP contribution is -2.31. The summed E-state index contributed by atoms with van der Waals surface area (Å²) in [7, 11) is 0. The lowest BCUT2D eigenvalue weighted by molar-refractivity contribution is 0.0716. The van der Waals surface area contributed by atoms with E-state index >= 15 is 0 Å². The highest BCUT2D eigenvalue weighted by atomic mass is 16.3. The first kappa shape index (κ1) is 18.3. The molecule has 1 aromatic heterocycles. The van der Waals surface area contributed by atoms with Crippen LogP contribution in [0.2, 0.25) is 0 Å². The molecule has 1 aliphatic rings. The molecule has 2 aromatic carbocycles. The molecule has 1 atom stereocenters. The highest BCUT2D eigenvalue weighted by Crippen LogP contribution is 2.39. The normalized spacial score (nSPS) is 16.0. The van der Waals surface area contributed by atoms with Crippen molar-refractivity contribution in [3.63, 3.8) is 0 Å². The summed E-state index contributed by atoms with van der Waals surface area (Å²) in [5.41, 5.74) is 2.82. The maximum Gasteiger partial charge on any atom is 0.290 e. The van der Waals surface area contributed by atoms with Crippen LogP contribution in [-0.2, 0) is 0 Å². The molecule has 4 rings (SSSR count). The van der Waals surface area contributed by atoms with Crippen LogP contribution in [0, 0.1) is 13.8 Å². The van der Waals surface area contributed by atoms with Gasteiger partial charge in [-0.2, -0.15) is 0 Å². The predicted molar refractivity (Wildman–Crippen MR) is 105 cm³/mol. The first-order valence-corrected chi connectivity index (χ1v) is 9.21. The van der Waals surface area contributed by atoms with Gasteiger partial charge >= 0.3 is 0 Å².